The Morgan fingerprint density at radius 3 is 1.07 bits per heavy atom. The Labute approximate surface area is 702 Å². The van der Waals surface area contributed by atoms with Crippen molar-refractivity contribution in [3.8, 4) is 145 Å². The second-order valence-electron chi connectivity index (χ2n) is 32.6. The summed E-state index contributed by atoms with van der Waals surface area (Å²) in [6.07, 6.45) is 3.07. The molecule has 7 nitrogen and oxygen atoms in total. The normalized spacial score (nSPS) is 12.0. The highest BCUT2D eigenvalue weighted by molar-refractivity contribution is 6.33. The zero-order chi connectivity index (χ0) is 80.4. The number of hydrogen-bond acceptors (Lipinski definition) is 5. The number of benzene rings is 21. The minimum Gasteiger partial charge on any atom is -0.327 e. The lowest BCUT2D eigenvalue weighted by molar-refractivity contribution is 0.959. The number of rotatable bonds is 7. The summed E-state index contributed by atoms with van der Waals surface area (Å²) >= 11 is 0. The lowest BCUT2D eigenvalue weighted by atomic mass is 9.89. The first kappa shape index (κ1) is 69.1. The highest BCUT2D eigenvalue weighted by atomic mass is 15.1. The molecule has 566 valence electrons. The van der Waals surface area contributed by atoms with Gasteiger partial charge in [-0.25, -0.2) is 24.9 Å². The van der Waals surface area contributed by atoms with Crippen molar-refractivity contribution in [2.75, 3.05) is 0 Å². The van der Waals surface area contributed by atoms with E-state index in [1.165, 1.54) is 215 Å². The molecule has 0 saturated carbocycles. The zero-order valence-corrected chi connectivity index (χ0v) is 66.7. The van der Waals surface area contributed by atoms with Gasteiger partial charge in [0.25, 0.3) is 0 Å². The van der Waals surface area contributed by atoms with E-state index in [4.69, 9.17) is 9.97 Å². The van der Waals surface area contributed by atoms with Crippen LogP contribution in [0.25, 0.3) is 264 Å². The van der Waals surface area contributed by atoms with Gasteiger partial charge in [-0.05, 0) is 281 Å². The van der Waals surface area contributed by atoms with E-state index in [2.05, 4.69) is 408 Å². The Bertz CT molecular complexity index is 8550. The molecule has 3 heterocycles. The lowest BCUT2D eigenvalue weighted by Crippen LogP contribution is -1.93. The summed E-state index contributed by atoms with van der Waals surface area (Å²) in [4.78, 5) is 22.5. The fourth-order valence-electron chi connectivity index (χ4n) is 20.5. The minimum absolute atomic E-state index is 0.685. The minimum atomic E-state index is 0.685. The summed E-state index contributed by atoms with van der Waals surface area (Å²) in [5.74, 6) is 2.66. The molecule has 3 aliphatic carbocycles. The van der Waals surface area contributed by atoms with Crippen LogP contribution in [0.1, 0.15) is 0 Å². The monoisotopic (exact) mass is 1550 g/mol. The second kappa shape index (κ2) is 27.2. The Morgan fingerprint density at radius 1 is 0.197 bits per heavy atom. The van der Waals surface area contributed by atoms with Gasteiger partial charge < -0.3 is 9.13 Å². The van der Waals surface area contributed by atoms with Crippen LogP contribution in [0, 0.1) is 0 Å². The Hall–Kier alpha value is -16.1. The van der Waals surface area contributed by atoms with Gasteiger partial charge in [-0.2, -0.15) is 0 Å². The largest absolute Gasteiger partial charge is 0.327 e. The van der Waals surface area contributed by atoms with Gasteiger partial charge >= 0.3 is 0 Å². The SMILES string of the molecule is Cn1c(-c2cccc(-c3ccc4c5c(cc6ccccc6c35)-c3ccccc3-4)c2)nc2ccccc21.Cn1c(-c2cccc(-c3ccc4c5c(cccc35)-c3c-4c4ccccc4c4ccccc34)c2)nc2ccccc21.c1ccc2c(c1)-c1ccc(-c3ccc4cc(-c5ccc6cc(-c7ncncn7)ccc6c5)ccc4c3)c3c1c-2cc1ccccc13. The summed E-state index contributed by atoms with van der Waals surface area (Å²) in [5, 5.41) is 23.3. The molecule has 21 aromatic carbocycles. The summed E-state index contributed by atoms with van der Waals surface area (Å²) in [6, 6.07) is 139. The van der Waals surface area contributed by atoms with Crippen LogP contribution < -0.4 is 0 Å². The van der Waals surface area contributed by atoms with E-state index in [0.717, 1.165) is 55.8 Å². The molecule has 0 spiro atoms. The van der Waals surface area contributed by atoms with Crippen LogP contribution in [0.4, 0.5) is 0 Å². The highest BCUT2D eigenvalue weighted by Crippen LogP contribution is 2.57. The Kier molecular flexibility index (Phi) is 15.4. The van der Waals surface area contributed by atoms with E-state index in [-0.39, 0.29) is 0 Å². The number of para-hydroxylation sites is 4. The molecule has 0 saturated heterocycles. The Morgan fingerprint density at radius 2 is 0.549 bits per heavy atom. The number of fused-ring (bicyclic) bond motifs is 22. The molecular formula is C115H71N7. The van der Waals surface area contributed by atoms with Crippen molar-refractivity contribution in [3.63, 3.8) is 0 Å². The fraction of sp³-hybridized carbons (Fsp3) is 0.0174. The average molecular weight is 1550 g/mol. The van der Waals surface area contributed by atoms with Crippen molar-refractivity contribution in [3.05, 3.63) is 395 Å². The van der Waals surface area contributed by atoms with Gasteiger partial charge in [0.15, 0.2) is 5.82 Å². The number of aromatic nitrogens is 7. The average Bonchev–Trinajstić information content (AvgIpc) is 1.55. The van der Waals surface area contributed by atoms with Crippen molar-refractivity contribution in [2.24, 2.45) is 14.1 Å². The maximum absolute atomic E-state index is 4.97. The third-order valence-electron chi connectivity index (χ3n) is 26.1. The first-order chi connectivity index (χ1) is 60.3. The summed E-state index contributed by atoms with van der Waals surface area (Å²) in [5.41, 5.74) is 33.5. The maximum Gasteiger partial charge on any atom is 0.162 e. The zero-order valence-electron chi connectivity index (χ0n) is 66.7. The Balaban J connectivity index is 0.000000102. The van der Waals surface area contributed by atoms with Crippen LogP contribution in [-0.4, -0.2) is 34.1 Å². The molecule has 0 amide bonds. The molecular weight excluding hydrogens is 1480 g/mol. The van der Waals surface area contributed by atoms with Crippen LogP contribution >= 0.6 is 0 Å². The number of hydrogen-bond donors (Lipinski definition) is 0. The molecule has 24 aromatic rings. The first-order valence-corrected chi connectivity index (χ1v) is 41.8. The van der Waals surface area contributed by atoms with Gasteiger partial charge in [-0.15, -0.1) is 0 Å². The van der Waals surface area contributed by atoms with Crippen LogP contribution in [0.2, 0.25) is 0 Å². The summed E-state index contributed by atoms with van der Waals surface area (Å²) in [6.45, 7) is 0. The van der Waals surface area contributed by atoms with Crippen LogP contribution in [0.5, 0.6) is 0 Å². The van der Waals surface area contributed by atoms with E-state index in [1.807, 2.05) is 12.1 Å². The van der Waals surface area contributed by atoms with Crippen LogP contribution in [-0.2, 0) is 14.1 Å². The van der Waals surface area contributed by atoms with Crippen molar-refractivity contribution in [1.29, 1.82) is 0 Å². The molecule has 0 fully saturated rings. The van der Waals surface area contributed by atoms with Gasteiger partial charge in [0, 0.05) is 30.8 Å². The van der Waals surface area contributed by atoms with Gasteiger partial charge in [-0.3, -0.25) is 0 Å². The maximum atomic E-state index is 4.97. The van der Waals surface area contributed by atoms with Crippen molar-refractivity contribution in [2.45, 2.75) is 0 Å². The molecule has 0 N–H and O–H groups in total. The topological polar surface area (TPSA) is 74.3 Å². The predicted octanol–water partition coefficient (Wildman–Crippen LogP) is 30.0. The molecule has 27 rings (SSSR count). The molecule has 0 radical (unpaired) electrons. The highest BCUT2D eigenvalue weighted by Gasteiger charge is 2.30. The lowest BCUT2D eigenvalue weighted by Gasteiger charge is -2.14. The van der Waals surface area contributed by atoms with E-state index < -0.39 is 0 Å². The molecule has 7 heteroatoms. The standard InChI is InChI=1S/C43H25N3.C38H24N2.C34H22N2/c1-2-6-35-32(5-1)23-40-38-8-4-3-7-37(38)39-18-17-36(41(35)42(39)40)33-15-13-28-19-26(9-11-30(28)21-33)27-10-12-31-22-34(16-14-29(31)20-27)43-45-24-44-25-46-43;1-40-34-19-7-6-18-33(34)39-38(40)24-11-8-10-23(22-24)25-20-21-32-35-28(25)16-9-17-31(35)36-29-14-4-2-12-26(29)27-13-3-5-15-30(27)37(32)36;1-36-31-16-7-6-15-30(31)35-34(36)23-11-8-10-21(19-23)25-17-18-28-26-13-4-5-14-27(26)29-20-22-9-2-3-12-24(22)32(25)33(28)29/h1-25H;2-22H,1H3;2-20H,1H3. The predicted molar refractivity (Wildman–Crippen MR) is 510 cm³/mol. The molecule has 3 aliphatic rings. The third kappa shape index (κ3) is 10.7. The third-order valence-corrected chi connectivity index (χ3v) is 26.1. The quantitative estimate of drug-likeness (QED) is 0.149. The van der Waals surface area contributed by atoms with E-state index in [0.29, 0.717) is 5.82 Å². The van der Waals surface area contributed by atoms with Crippen LogP contribution in [0.15, 0.2) is 395 Å². The summed E-state index contributed by atoms with van der Waals surface area (Å²) < 4.78 is 4.38. The molecule has 0 atom stereocenters. The van der Waals surface area contributed by atoms with Gasteiger partial charge in [0.1, 0.15) is 24.3 Å². The molecule has 0 unspecified atom stereocenters. The van der Waals surface area contributed by atoms with Crippen LogP contribution in [0.3, 0.4) is 0 Å². The van der Waals surface area contributed by atoms with Gasteiger partial charge in [-0.1, -0.05) is 309 Å². The molecule has 3 aromatic heterocycles. The fourth-order valence-corrected chi connectivity index (χ4v) is 20.5. The number of aryl methyl sites for hydroxylation is 2. The molecule has 0 bridgehead atoms. The molecule has 0 aliphatic heterocycles. The number of imidazole rings is 2. The van der Waals surface area contributed by atoms with Crippen molar-refractivity contribution >= 4 is 119 Å². The van der Waals surface area contributed by atoms with E-state index >= 15 is 0 Å². The summed E-state index contributed by atoms with van der Waals surface area (Å²) in [7, 11) is 4.20. The van der Waals surface area contributed by atoms with Gasteiger partial charge in [0.05, 0.1) is 22.1 Å². The van der Waals surface area contributed by atoms with Crippen molar-refractivity contribution < 1.29 is 0 Å². The molecule has 122 heavy (non-hydrogen) atoms. The van der Waals surface area contributed by atoms with E-state index in [9.17, 15) is 0 Å². The first-order valence-electron chi connectivity index (χ1n) is 41.8. The van der Waals surface area contributed by atoms with E-state index in [1.54, 1.807) is 0 Å². The van der Waals surface area contributed by atoms with Gasteiger partial charge in [0.2, 0.25) is 0 Å². The number of nitrogens with zero attached hydrogens (tertiary/aromatic N) is 7. The smallest absolute Gasteiger partial charge is 0.162 e. The van der Waals surface area contributed by atoms with Crippen molar-refractivity contribution in [1.82, 2.24) is 34.1 Å². The second-order valence-corrected chi connectivity index (χ2v) is 32.6.